The molecule has 0 bridgehead atoms. The molecule has 0 aliphatic heterocycles. The average molecular weight is 277 g/mol. The first kappa shape index (κ1) is 13.9. The third-order valence-corrected chi connectivity index (χ3v) is 3.47. The lowest BCUT2D eigenvalue weighted by Crippen LogP contribution is -2.04. The van der Waals surface area contributed by atoms with Crippen molar-refractivity contribution in [2.45, 2.75) is 19.4 Å². The molecular weight excluding hydrogens is 260 g/mol. The summed E-state index contributed by atoms with van der Waals surface area (Å²) in [7, 11) is 1.60. The summed E-state index contributed by atoms with van der Waals surface area (Å²) in [4.78, 5) is 0. The van der Waals surface area contributed by atoms with Crippen LogP contribution in [0.15, 0.2) is 42.5 Å². The lowest BCUT2D eigenvalue weighted by molar-refractivity contribution is 0.174. The molecule has 0 heterocycles. The van der Waals surface area contributed by atoms with Gasteiger partial charge >= 0.3 is 0 Å². The van der Waals surface area contributed by atoms with E-state index >= 15 is 0 Å². The molecule has 1 atom stereocenters. The summed E-state index contributed by atoms with van der Waals surface area (Å²) in [5.41, 5.74) is 2.83. The van der Waals surface area contributed by atoms with Gasteiger partial charge in [0.05, 0.1) is 13.2 Å². The van der Waals surface area contributed by atoms with Gasteiger partial charge in [-0.25, -0.2) is 0 Å². The second-order valence-corrected chi connectivity index (χ2v) is 4.96. The predicted octanol–water partition coefficient (Wildman–Crippen LogP) is 3.93. The van der Waals surface area contributed by atoms with Crippen LogP contribution in [-0.4, -0.2) is 12.2 Å². The standard InChI is InChI=1S/C16H17ClO2/c1-11-7-8-12(14(17)9-11)10-15(18)13-5-3-4-6-16(13)19-2/h3-9,15,18H,10H2,1-2H3. The van der Waals surface area contributed by atoms with Gasteiger partial charge in [0.25, 0.3) is 0 Å². The van der Waals surface area contributed by atoms with Crippen LogP contribution < -0.4 is 4.74 Å². The van der Waals surface area contributed by atoms with Crippen molar-refractivity contribution in [2.75, 3.05) is 7.11 Å². The molecule has 2 aromatic rings. The van der Waals surface area contributed by atoms with Crippen LogP contribution in [0.4, 0.5) is 0 Å². The van der Waals surface area contributed by atoms with E-state index < -0.39 is 6.10 Å². The summed E-state index contributed by atoms with van der Waals surface area (Å²) in [5.74, 6) is 0.693. The van der Waals surface area contributed by atoms with E-state index in [0.29, 0.717) is 17.2 Å². The Morgan fingerprint density at radius 2 is 1.95 bits per heavy atom. The topological polar surface area (TPSA) is 29.5 Å². The molecule has 0 aromatic heterocycles. The summed E-state index contributed by atoms with van der Waals surface area (Å²) in [6.45, 7) is 1.99. The number of para-hydroxylation sites is 1. The molecule has 0 fully saturated rings. The molecule has 0 spiro atoms. The van der Waals surface area contributed by atoms with E-state index in [1.54, 1.807) is 7.11 Å². The Kier molecular flexibility index (Phi) is 4.46. The van der Waals surface area contributed by atoms with Gasteiger partial charge in [-0.05, 0) is 30.2 Å². The highest BCUT2D eigenvalue weighted by molar-refractivity contribution is 6.31. The fraction of sp³-hybridized carbons (Fsp3) is 0.250. The summed E-state index contributed by atoms with van der Waals surface area (Å²) >= 11 is 6.19. The molecule has 0 amide bonds. The number of rotatable bonds is 4. The zero-order valence-corrected chi connectivity index (χ0v) is 11.8. The second-order valence-electron chi connectivity index (χ2n) is 4.56. The summed E-state index contributed by atoms with van der Waals surface area (Å²) in [6.07, 6.45) is -0.157. The number of halogens is 1. The van der Waals surface area contributed by atoms with Crippen molar-refractivity contribution in [3.63, 3.8) is 0 Å². The van der Waals surface area contributed by atoms with Crippen molar-refractivity contribution in [2.24, 2.45) is 0 Å². The van der Waals surface area contributed by atoms with Gasteiger partial charge in [-0.1, -0.05) is 41.9 Å². The number of aliphatic hydroxyl groups is 1. The average Bonchev–Trinajstić information content (AvgIpc) is 2.41. The monoisotopic (exact) mass is 276 g/mol. The zero-order chi connectivity index (χ0) is 13.8. The van der Waals surface area contributed by atoms with Gasteiger partial charge in [-0.2, -0.15) is 0 Å². The molecule has 0 saturated heterocycles. The minimum Gasteiger partial charge on any atom is -0.496 e. The summed E-state index contributed by atoms with van der Waals surface area (Å²) < 4.78 is 5.26. The van der Waals surface area contributed by atoms with E-state index in [1.165, 1.54) is 0 Å². The van der Waals surface area contributed by atoms with Crippen molar-refractivity contribution in [1.82, 2.24) is 0 Å². The van der Waals surface area contributed by atoms with Crippen LogP contribution in [0.2, 0.25) is 5.02 Å². The van der Waals surface area contributed by atoms with Gasteiger partial charge in [-0.15, -0.1) is 0 Å². The highest BCUT2D eigenvalue weighted by Crippen LogP contribution is 2.29. The maximum atomic E-state index is 10.3. The van der Waals surface area contributed by atoms with Crippen LogP contribution in [-0.2, 0) is 6.42 Å². The first-order valence-corrected chi connectivity index (χ1v) is 6.55. The normalized spacial score (nSPS) is 12.2. The van der Waals surface area contributed by atoms with Gasteiger partial charge in [0.15, 0.2) is 0 Å². The van der Waals surface area contributed by atoms with Crippen LogP contribution in [0.3, 0.4) is 0 Å². The van der Waals surface area contributed by atoms with Crippen LogP contribution >= 0.6 is 11.6 Å². The molecular formula is C16H17ClO2. The first-order valence-electron chi connectivity index (χ1n) is 6.18. The molecule has 2 nitrogen and oxygen atoms in total. The molecule has 2 aromatic carbocycles. The van der Waals surface area contributed by atoms with Crippen molar-refractivity contribution in [3.05, 3.63) is 64.2 Å². The minimum absolute atomic E-state index is 0.472. The molecule has 0 saturated carbocycles. The summed E-state index contributed by atoms with van der Waals surface area (Å²) in [6, 6.07) is 13.3. The quantitative estimate of drug-likeness (QED) is 0.917. The smallest absolute Gasteiger partial charge is 0.124 e. The number of aliphatic hydroxyl groups excluding tert-OH is 1. The van der Waals surface area contributed by atoms with Crippen LogP contribution in [0, 0.1) is 6.92 Å². The number of hydrogen-bond acceptors (Lipinski definition) is 2. The SMILES string of the molecule is COc1ccccc1C(O)Cc1ccc(C)cc1Cl. The maximum absolute atomic E-state index is 10.3. The molecule has 0 aliphatic carbocycles. The van der Waals surface area contributed by atoms with E-state index in [4.69, 9.17) is 16.3 Å². The highest BCUT2D eigenvalue weighted by atomic mass is 35.5. The largest absolute Gasteiger partial charge is 0.496 e. The van der Waals surface area contributed by atoms with Gasteiger partial charge in [-0.3, -0.25) is 0 Å². The molecule has 0 radical (unpaired) electrons. The molecule has 1 unspecified atom stereocenters. The number of hydrogen-bond donors (Lipinski definition) is 1. The zero-order valence-electron chi connectivity index (χ0n) is 11.1. The number of ether oxygens (including phenoxy) is 1. The van der Waals surface area contributed by atoms with Gasteiger partial charge in [0, 0.05) is 17.0 Å². The Labute approximate surface area is 118 Å². The lowest BCUT2D eigenvalue weighted by Gasteiger charge is -2.15. The molecule has 3 heteroatoms. The fourth-order valence-electron chi connectivity index (χ4n) is 2.08. The molecule has 19 heavy (non-hydrogen) atoms. The molecule has 2 rings (SSSR count). The first-order chi connectivity index (χ1) is 9.11. The summed E-state index contributed by atoms with van der Waals surface area (Å²) in [5, 5.41) is 11.0. The molecule has 1 N–H and O–H groups in total. The van der Waals surface area contributed by atoms with Gasteiger partial charge in [0.2, 0.25) is 0 Å². The Hall–Kier alpha value is -1.51. The number of benzene rings is 2. The Morgan fingerprint density at radius 1 is 1.21 bits per heavy atom. The van der Waals surface area contributed by atoms with Crippen molar-refractivity contribution < 1.29 is 9.84 Å². The van der Waals surface area contributed by atoms with Crippen molar-refractivity contribution in [3.8, 4) is 5.75 Å². The van der Waals surface area contributed by atoms with E-state index in [2.05, 4.69) is 0 Å². The minimum atomic E-state index is -0.628. The van der Waals surface area contributed by atoms with Crippen molar-refractivity contribution in [1.29, 1.82) is 0 Å². The second kappa shape index (κ2) is 6.09. The van der Waals surface area contributed by atoms with E-state index in [9.17, 15) is 5.11 Å². The fourth-order valence-corrected chi connectivity index (χ4v) is 2.39. The van der Waals surface area contributed by atoms with Crippen LogP contribution in [0.1, 0.15) is 22.8 Å². The highest BCUT2D eigenvalue weighted by Gasteiger charge is 2.14. The van der Waals surface area contributed by atoms with E-state index in [0.717, 1.165) is 16.7 Å². The third kappa shape index (κ3) is 3.28. The van der Waals surface area contributed by atoms with Gasteiger partial charge < -0.3 is 9.84 Å². The number of methoxy groups -OCH3 is 1. The Balaban J connectivity index is 2.23. The van der Waals surface area contributed by atoms with Crippen molar-refractivity contribution >= 4 is 11.6 Å². The van der Waals surface area contributed by atoms with E-state index in [1.807, 2.05) is 49.4 Å². The van der Waals surface area contributed by atoms with Crippen LogP contribution in [0.25, 0.3) is 0 Å². The van der Waals surface area contributed by atoms with Crippen LogP contribution in [0.5, 0.6) is 5.75 Å². The Morgan fingerprint density at radius 3 is 2.63 bits per heavy atom. The number of aryl methyl sites for hydroxylation is 1. The molecule has 0 aliphatic rings. The third-order valence-electron chi connectivity index (χ3n) is 3.12. The molecule has 100 valence electrons. The van der Waals surface area contributed by atoms with E-state index in [-0.39, 0.29) is 0 Å². The lowest BCUT2D eigenvalue weighted by atomic mass is 10.00. The maximum Gasteiger partial charge on any atom is 0.124 e. The Bertz CT molecular complexity index is 566. The predicted molar refractivity (Wildman–Crippen MR) is 77.8 cm³/mol. The van der Waals surface area contributed by atoms with Gasteiger partial charge in [0.1, 0.15) is 5.75 Å².